The summed E-state index contributed by atoms with van der Waals surface area (Å²) in [6.07, 6.45) is 3.86. The molecule has 4 N–H and O–H groups in total. The van der Waals surface area contributed by atoms with Crippen LogP contribution in [0.4, 0.5) is 11.6 Å². The first-order chi connectivity index (χ1) is 9.72. The number of amides is 1. The number of nitrogens with two attached hydrogens (primary N) is 1. The Kier molecular flexibility index (Phi) is 2.92. The molecule has 0 radical (unpaired) electrons. The lowest BCUT2D eigenvalue weighted by Crippen LogP contribution is -2.14. The third kappa shape index (κ3) is 2.37. The van der Waals surface area contributed by atoms with E-state index in [9.17, 15) is 4.79 Å². The number of H-pyrrole nitrogens is 1. The summed E-state index contributed by atoms with van der Waals surface area (Å²) in [6, 6.07) is 11.3. The van der Waals surface area contributed by atoms with E-state index in [1.165, 1.54) is 0 Å². The minimum absolute atomic E-state index is 0.0382. The highest BCUT2D eigenvalue weighted by molar-refractivity contribution is 6.01. The molecule has 0 aliphatic carbocycles. The molecule has 7 heteroatoms. The van der Waals surface area contributed by atoms with Crippen molar-refractivity contribution in [1.29, 1.82) is 0 Å². The number of nitrogens with one attached hydrogen (secondary N) is 2. The predicted octanol–water partition coefficient (Wildman–Crippen LogP) is 1.43. The zero-order chi connectivity index (χ0) is 13.9. The Balaban J connectivity index is 1.81. The molecule has 2 aromatic heterocycles. The van der Waals surface area contributed by atoms with E-state index in [0.717, 1.165) is 5.69 Å². The normalized spacial score (nSPS) is 10.4. The van der Waals surface area contributed by atoms with E-state index >= 15 is 0 Å². The molecule has 0 unspecified atom stereocenters. The molecule has 3 aromatic rings. The lowest BCUT2D eigenvalue weighted by molar-refractivity contribution is 0.101. The summed E-state index contributed by atoms with van der Waals surface area (Å²) in [5.41, 5.74) is 6.97. The summed E-state index contributed by atoms with van der Waals surface area (Å²) in [7, 11) is 0. The van der Waals surface area contributed by atoms with Crippen molar-refractivity contribution in [3.05, 3.63) is 54.6 Å². The molecule has 0 aliphatic heterocycles. The Bertz CT molecular complexity index is 731. The monoisotopic (exact) mass is 268 g/mol. The molecule has 2 heterocycles. The second-order valence-corrected chi connectivity index (χ2v) is 4.14. The van der Waals surface area contributed by atoms with Gasteiger partial charge >= 0.3 is 0 Å². The molecule has 3 rings (SSSR count). The van der Waals surface area contributed by atoms with Gasteiger partial charge in [-0.1, -0.05) is 6.07 Å². The number of nitrogen functional groups attached to an aromatic ring is 1. The molecule has 100 valence electrons. The predicted molar refractivity (Wildman–Crippen MR) is 74.5 cm³/mol. The van der Waals surface area contributed by atoms with Gasteiger partial charge in [-0.15, -0.1) is 5.10 Å². The number of benzene rings is 1. The highest BCUT2D eigenvalue weighted by Crippen LogP contribution is 2.15. The lowest BCUT2D eigenvalue weighted by Gasteiger charge is -2.07. The van der Waals surface area contributed by atoms with Crippen molar-refractivity contribution in [1.82, 2.24) is 19.7 Å². The van der Waals surface area contributed by atoms with Gasteiger partial charge in [0, 0.05) is 23.8 Å². The standard InChI is InChI=1S/C13H12N6O/c14-13-16-11(17-18-13)12(20)15-9-4-3-5-10(8-9)19-6-1-2-7-19/h1-8H,(H,15,20)(H3,14,16,17,18). The smallest absolute Gasteiger partial charge is 0.293 e. The van der Waals surface area contributed by atoms with E-state index in [4.69, 9.17) is 5.73 Å². The van der Waals surface area contributed by atoms with Gasteiger partial charge in [-0.25, -0.2) is 0 Å². The lowest BCUT2D eigenvalue weighted by atomic mass is 10.2. The number of hydrogen-bond donors (Lipinski definition) is 3. The van der Waals surface area contributed by atoms with Crippen LogP contribution in [0.5, 0.6) is 0 Å². The fourth-order valence-electron chi connectivity index (χ4n) is 1.82. The van der Waals surface area contributed by atoms with Gasteiger partial charge in [0.25, 0.3) is 5.91 Å². The molecule has 1 aromatic carbocycles. The molecule has 0 atom stereocenters. The van der Waals surface area contributed by atoms with E-state index in [-0.39, 0.29) is 17.7 Å². The quantitative estimate of drug-likeness (QED) is 0.668. The molecule has 0 saturated carbocycles. The topological polar surface area (TPSA) is 102 Å². The van der Waals surface area contributed by atoms with Gasteiger partial charge in [-0.3, -0.25) is 9.89 Å². The zero-order valence-electron chi connectivity index (χ0n) is 10.4. The Morgan fingerprint density at radius 2 is 2.05 bits per heavy atom. The number of anilines is 2. The molecular formula is C13H12N6O. The summed E-state index contributed by atoms with van der Waals surface area (Å²) in [4.78, 5) is 15.7. The van der Waals surface area contributed by atoms with Crippen molar-refractivity contribution in [2.75, 3.05) is 11.1 Å². The number of aromatic nitrogens is 4. The third-order valence-corrected chi connectivity index (χ3v) is 2.72. The Hall–Kier alpha value is -3.09. The summed E-state index contributed by atoms with van der Waals surface area (Å²) in [5, 5.41) is 8.81. The minimum atomic E-state index is -0.390. The fourth-order valence-corrected chi connectivity index (χ4v) is 1.82. The summed E-state index contributed by atoms with van der Waals surface area (Å²) in [6.45, 7) is 0. The van der Waals surface area contributed by atoms with Crippen LogP contribution in [0.15, 0.2) is 48.8 Å². The van der Waals surface area contributed by atoms with Gasteiger partial charge in [0.2, 0.25) is 11.8 Å². The molecule has 0 aliphatic rings. The first-order valence-electron chi connectivity index (χ1n) is 5.95. The van der Waals surface area contributed by atoms with Gasteiger partial charge in [0.05, 0.1) is 0 Å². The largest absolute Gasteiger partial charge is 0.366 e. The van der Waals surface area contributed by atoms with Crippen molar-refractivity contribution in [3.8, 4) is 5.69 Å². The number of hydrogen-bond acceptors (Lipinski definition) is 4. The van der Waals surface area contributed by atoms with E-state index in [2.05, 4.69) is 20.5 Å². The van der Waals surface area contributed by atoms with Crippen LogP contribution in [0, 0.1) is 0 Å². The number of carbonyl (C=O) groups is 1. The van der Waals surface area contributed by atoms with Gasteiger partial charge in [-0.2, -0.15) is 4.98 Å². The highest BCUT2D eigenvalue weighted by atomic mass is 16.2. The van der Waals surface area contributed by atoms with Crippen LogP contribution in [-0.2, 0) is 0 Å². The minimum Gasteiger partial charge on any atom is -0.366 e. The van der Waals surface area contributed by atoms with Gasteiger partial charge in [0.1, 0.15) is 0 Å². The van der Waals surface area contributed by atoms with Crippen LogP contribution >= 0.6 is 0 Å². The summed E-state index contributed by atoms with van der Waals surface area (Å²) >= 11 is 0. The van der Waals surface area contributed by atoms with E-state index in [1.54, 1.807) is 6.07 Å². The summed E-state index contributed by atoms with van der Waals surface area (Å²) in [5.74, 6) is -0.274. The fraction of sp³-hybridized carbons (Fsp3) is 0. The Morgan fingerprint density at radius 3 is 2.75 bits per heavy atom. The van der Waals surface area contributed by atoms with Crippen LogP contribution in [-0.4, -0.2) is 25.7 Å². The molecule has 0 bridgehead atoms. The van der Waals surface area contributed by atoms with Crippen molar-refractivity contribution < 1.29 is 4.79 Å². The summed E-state index contributed by atoms with van der Waals surface area (Å²) < 4.78 is 1.95. The third-order valence-electron chi connectivity index (χ3n) is 2.72. The van der Waals surface area contributed by atoms with Crippen LogP contribution in [0.1, 0.15) is 10.6 Å². The van der Waals surface area contributed by atoms with Crippen LogP contribution in [0.25, 0.3) is 5.69 Å². The second-order valence-electron chi connectivity index (χ2n) is 4.14. The number of aromatic amines is 1. The van der Waals surface area contributed by atoms with E-state index in [0.29, 0.717) is 5.69 Å². The van der Waals surface area contributed by atoms with Gasteiger partial charge < -0.3 is 15.6 Å². The highest BCUT2D eigenvalue weighted by Gasteiger charge is 2.11. The maximum atomic E-state index is 11.9. The Labute approximate surface area is 114 Å². The van der Waals surface area contributed by atoms with Crippen molar-refractivity contribution in [3.63, 3.8) is 0 Å². The average Bonchev–Trinajstić information content (AvgIpc) is 3.10. The van der Waals surface area contributed by atoms with Gasteiger partial charge in [0.15, 0.2) is 0 Å². The molecule has 1 amide bonds. The molecule has 7 nitrogen and oxygen atoms in total. The zero-order valence-corrected chi connectivity index (χ0v) is 10.4. The van der Waals surface area contributed by atoms with E-state index in [1.807, 2.05) is 47.3 Å². The van der Waals surface area contributed by atoms with Crippen molar-refractivity contribution >= 4 is 17.5 Å². The van der Waals surface area contributed by atoms with Crippen molar-refractivity contribution in [2.45, 2.75) is 0 Å². The maximum absolute atomic E-state index is 11.9. The Morgan fingerprint density at radius 1 is 1.25 bits per heavy atom. The average molecular weight is 268 g/mol. The second kappa shape index (κ2) is 4.88. The van der Waals surface area contributed by atoms with E-state index < -0.39 is 0 Å². The molecule has 0 saturated heterocycles. The number of nitrogens with zero attached hydrogens (tertiary/aromatic N) is 3. The number of carbonyl (C=O) groups excluding carboxylic acids is 1. The first kappa shape index (κ1) is 12.0. The first-order valence-corrected chi connectivity index (χ1v) is 5.95. The van der Waals surface area contributed by atoms with Crippen LogP contribution in [0.3, 0.4) is 0 Å². The maximum Gasteiger partial charge on any atom is 0.293 e. The molecule has 0 spiro atoms. The number of rotatable bonds is 3. The van der Waals surface area contributed by atoms with Crippen molar-refractivity contribution in [2.24, 2.45) is 0 Å². The molecule has 20 heavy (non-hydrogen) atoms. The van der Waals surface area contributed by atoms with Crippen LogP contribution < -0.4 is 11.1 Å². The van der Waals surface area contributed by atoms with Gasteiger partial charge in [-0.05, 0) is 30.3 Å². The molecular weight excluding hydrogens is 256 g/mol. The molecule has 0 fully saturated rings. The van der Waals surface area contributed by atoms with Crippen LogP contribution in [0.2, 0.25) is 0 Å². The SMILES string of the molecule is Nc1n[nH]c(C(=O)Nc2cccc(-n3cccc3)c2)n1.